The maximum absolute atomic E-state index is 11.3. The molecule has 0 radical (unpaired) electrons. The summed E-state index contributed by atoms with van der Waals surface area (Å²) in [5, 5.41) is 6.51. The number of primary amides is 1. The number of rotatable bonds is 2. The van der Waals surface area contributed by atoms with E-state index >= 15 is 0 Å². The molecule has 0 aromatic carbocycles. The molecule has 5 N–H and O–H groups in total. The van der Waals surface area contributed by atoms with Crippen molar-refractivity contribution in [2.24, 2.45) is 5.73 Å². The molecule has 6 nitrogen and oxygen atoms in total. The summed E-state index contributed by atoms with van der Waals surface area (Å²) in [6.45, 7) is 0.803. The third-order valence-electron chi connectivity index (χ3n) is 2.79. The summed E-state index contributed by atoms with van der Waals surface area (Å²) in [5.74, 6) is 0.193. The second-order valence-corrected chi connectivity index (χ2v) is 3.78. The third kappa shape index (κ3) is 1.74. The fourth-order valence-corrected chi connectivity index (χ4v) is 2.03. The minimum atomic E-state index is -0.296. The van der Waals surface area contributed by atoms with Crippen LogP contribution in [0.25, 0.3) is 0 Å². The molecule has 2 heterocycles. The van der Waals surface area contributed by atoms with E-state index in [0.717, 1.165) is 31.5 Å². The van der Waals surface area contributed by atoms with Crippen LogP contribution in [0.3, 0.4) is 0 Å². The SMILES string of the molecule is NC(=O)C1CCCCN1c1cn[nH]c1N. The third-order valence-corrected chi connectivity index (χ3v) is 2.79. The van der Waals surface area contributed by atoms with Crippen LogP contribution in [-0.2, 0) is 4.79 Å². The molecule has 1 atom stereocenters. The summed E-state index contributed by atoms with van der Waals surface area (Å²) in [5.41, 5.74) is 11.9. The van der Waals surface area contributed by atoms with E-state index in [9.17, 15) is 4.79 Å². The topological polar surface area (TPSA) is 101 Å². The van der Waals surface area contributed by atoms with E-state index in [1.165, 1.54) is 0 Å². The number of anilines is 2. The van der Waals surface area contributed by atoms with Gasteiger partial charge in [-0.15, -0.1) is 0 Å². The lowest BCUT2D eigenvalue weighted by molar-refractivity contribution is -0.119. The summed E-state index contributed by atoms with van der Waals surface area (Å²) >= 11 is 0. The molecule has 0 saturated carbocycles. The standard InChI is InChI=1S/C9H15N5O/c10-8-7(5-12-13-8)14-4-2-1-3-6(14)9(11)15/h5-6H,1-4H2,(H2,11,15)(H3,10,12,13). The number of hydrogen-bond acceptors (Lipinski definition) is 4. The van der Waals surface area contributed by atoms with E-state index in [0.29, 0.717) is 5.82 Å². The van der Waals surface area contributed by atoms with Crippen molar-refractivity contribution in [3.05, 3.63) is 6.20 Å². The predicted molar refractivity (Wildman–Crippen MR) is 57.2 cm³/mol. The van der Waals surface area contributed by atoms with Crippen molar-refractivity contribution in [1.29, 1.82) is 0 Å². The average molecular weight is 209 g/mol. The lowest BCUT2D eigenvalue weighted by atomic mass is 10.0. The zero-order valence-corrected chi connectivity index (χ0v) is 8.44. The van der Waals surface area contributed by atoms with E-state index in [-0.39, 0.29) is 11.9 Å². The minimum Gasteiger partial charge on any atom is -0.382 e. The Kier molecular flexibility index (Phi) is 2.49. The molecular formula is C9H15N5O. The highest BCUT2D eigenvalue weighted by molar-refractivity contribution is 5.85. The van der Waals surface area contributed by atoms with E-state index in [4.69, 9.17) is 11.5 Å². The number of nitrogens with zero attached hydrogens (tertiary/aromatic N) is 2. The van der Waals surface area contributed by atoms with Crippen molar-refractivity contribution >= 4 is 17.4 Å². The molecule has 0 spiro atoms. The Morgan fingerprint density at radius 2 is 2.40 bits per heavy atom. The molecule has 1 aromatic heterocycles. The molecule has 0 bridgehead atoms. The molecule has 1 fully saturated rings. The Labute approximate surface area is 87.6 Å². The van der Waals surface area contributed by atoms with Gasteiger partial charge in [0.2, 0.25) is 5.91 Å². The second kappa shape index (κ2) is 3.80. The van der Waals surface area contributed by atoms with Gasteiger partial charge in [-0.1, -0.05) is 0 Å². The molecular weight excluding hydrogens is 194 g/mol. The first-order chi connectivity index (χ1) is 7.20. The number of aromatic amines is 1. The lowest BCUT2D eigenvalue weighted by Gasteiger charge is -2.34. The van der Waals surface area contributed by atoms with Gasteiger partial charge in [-0.25, -0.2) is 0 Å². The molecule has 0 aliphatic carbocycles. The second-order valence-electron chi connectivity index (χ2n) is 3.78. The molecule has 1 aliphatic rings. The molecule has 1 saturated heterocycles. The highest BCUT2D eigenvalue weighted by Gasteiger charge is 2.28. The van der Waals surface area contributed by atoms with Crippen molar-refractivity contribution in [2.75, 3.05) is 17.2 Å². The molecule has 6 heteroatoms. The first-order valence-electron chi connectivity index (χ1n) is 5.05. The lowest BCUT2D eigenvalue weighted by Crippen LogP contribution is -2.48. The minimum absolute atomic E-state index is 0.251. The molecule has 1 aromatic rings. The van der Waals surface area contributed by atoms with Gasteiger partial charge < -0.3 is 16.4 Å². The van der Waals surface area contributed by atoms with Crippen LogP contribution in [0.1, 0.15) is 19.3 Å². The Bertz CT molecular complexity index is 361. The number of piperidine rings is 1. The zero-order valence-electron chi connectivity index (χ0n) is 8.44. The predicted octanol–water partition coefficient (Wildman–Crippen LogP) is -0.164. The quantitative estimate of drug-likeness (QED) is 0.629. The molecule has 1 unspecified atom stereocenters. The molecule has 15 heavy (non-hydrogen) atoms. The van der Waals surface area contributed by atoms with Crippen LogP contribution in [0.4, 0.5) is 11.5 Å². The van der Waals surface area contributed by atoms with E-state index in [2.05, 4.69) is 10.2 Å². The highest BCUT2D eigenvalue weighted by atomic mass is 16.1. The van der Waals surface area contributed by atoms with Gasteiger partial charge in [0.25, 0.3) is 0 Å². The Balaban J connectivity index is 2.25. The van der Waals surface area contributed by atoms with Crippen LogP contribution >= 0.6 is 0 Å². The fraction of sp³-hybridized carbons (Fsp3) is 0.556. The van der Waals surface area contributed by atoms with Crippen LogP contribution in [0.15, 0.2) is 6.20 Å². The summed E-state index contributed by atoms with van der Waals surface area (Å²) in [4.78, 5) is 13.2. The molecule has 1 amide bonds. The van der Waals surface area contributed by atoms with Gasteiger partial charge >= 0.3 is 0 Å². The number of aromatic nitrogens is 2. The van der Waals surface area contributed by atoms with Crippen molar-refractivity contribution in [3.8, 4) is 0 Å². The number of H-pyrrole nitrogens is 1. The summed E-state index contributed by atoms with van der Waals surface area (Å²) < 4.78 is 0. The van der Waals surface area contributed by atoms with E-state index in [1.54, 1.807) is 6.20 Å². The van der Waals surface area contributed by atoms with Crippen LogP contribution in [-0.4, -0.2) is 28.7 Å². The molecule has 1 aliphatic heterocycles. The normalized spacial score (nSPS) is 21.6. The Morgan fingerprint density at radius 3 is 3.00 bits per heavy atom. The van der Waals surface area contributed by atoms with Gasteiger partial charge in [-0.2, -0.15) is 5.10 Å². The van der Waals surface area contributed by atoms with Gasteiger partial charge in [0.05, 0.1) is 11.9 Å². The van der Waals surface area contributed by atoms with Gasteiger partial charge in [0.15, 0.2) is 0 Å². The van der Waals surface area contributed by atoms with Crippen molar-refractivity contribution in [3.63, 3.8) is 0 Å². The number of amides is 1. The summed E-state index contributed by atoms with van der Waals surface area (Å²) in [6, 6.07) is -0.251. The number of carbonyl (C=O) groups is 1. The highest BCUT2D eigenvalue weighted by Crippen LogP contribution is 2.27. The summed E-state index contributed by atoms with van der Waals surface area (Å²) in [6.07, 6.45) is 4.51. The number of carbonyl (C=O) groups excluding carboxylic acids is 1. The average Bonchev–Trinajstić information content (AvgIpc) is 2.64. The molecule has 82 valence electrons. The smallest absolute Gasteiger partial charge is 0.240 e. The van der Waals surface area contributed by atoms with Crippen molar-refractivity contribution < 1.29 is 4.79 Å². The van der Waals surface area contributed by atoms with Gasteiger partial charge in [0.1, 0.15) is 11.9 Å². The van der Waals surface area contributed by atoms with Gasteiger partial charge in [-0.3, -0.25) is 9.89 Å². The number of nitrogens with one attached hydrogen (secondary N) is 1. The van der Waals surface area contributed by atoms with Crippen molar-refractivity contribution in [1.82, 2.24) is 10.2 Å². The maximum atomic E-state index is 11.3. The maximum Gasteiger partial charge on any atom is 0.240 e. The van der Waals surface area contributed by atoms with Crippen molar-refractivity contribution in [2.45, 2.75) is 25.3 Å². The van der Waals surface area contributed by atoms with Crippen LogP contribution in [0.5, 0.6) is 0 Å². The van der Waals surface area contributed by atoms with E-state index in [1.807, 2.05) is 4.90 Å². The summed E-state index contributed by atoms with van der Waals surface area (Å²) in [7, 11) is 0. The monoisotopic (exact) mass is 209 g/mol. The Morgan fingerprint density at radius 1 is 1.60 bits per heavy atom. The first-order valence-corrected chi connectivity index (χ1v) is 5.05. The number of nitrogens with two attached hydrogens (primary N) is 2. The first kappa shape index (κ1) is 9.82. The van der Waals surface area contributed by atoms with Crippen LogP contribution in [0.2, 0.25) is 0 Å². The van der Waals surface area contributed by atoms with E-state index < -0.39 is 0 Å². The van der Waals surface area contributed by atoms with Crippen LogP contribution < -0.4 is 16.4 Å². The number of hydrogen-bond donors (Lipinski definition) is 3. The zero-order chi connectivity index (χ0) is 10.8. The largest absolute Gasteiger partial charge is 0.382 e. The Hall–Kier alpha value is -1.72. The number of nitrogen functional groups attached to an aromatic ring is 1. The van der Waals surface area contributed by atoms with Crippen LogP contribution in [0, 0.1) is 0 Å². The van der Waals surface area contributed by atoms with Gasteiger partial charge in [0, 0.05) is 6.54 Å². The fourth-order valence-electron chi connectivity index (χ4n) is 2.03. The molecule has 2 rings (SSSR count). The van der Waals surface area contributed by atoms with Gasteiger partial charge in [-0.05, 0) is 19.3 Å².